The number of carbonyl (C=O) groups is 2. The maximum absolute atomic E-state index is 12.3. The van der Waals surface area contributed by atoms with Gasteiger partial charge >= 0.3 is 5.97 Å². The number of benzene rings is 2. The molecule has 8 nitrogen and oxygen atoms in total. The quantitative estimate of drug-likeness (QED) is 0.357. The Labute approximate surface area is 175 Å². The minimum Gasteiger partial charge on any atom is -0.496 e. The first-order valence-corrected chi connectivity index (χ1v) is 9.74. The fourth-order valence-corrected chi connectivity index (χ4v) is 2.79. The molecule has 0 unspecified atom stereocenters. The van der Waals surface area contributed by atoms with Gasteiger partial charge in [-0.2, -0.15) is 0 Å². The van der Waals surface area contributed by atoms with E-state index in [1.807, 2.05) is 24.3 Å². The summed E-state index contributed by atoms with van der Waals surface area (Å²) in [4.78, 5) is 35.1. The standard InChI is InChI=1S/C22H26N2O6/c1-4-5-6-16-7-9-17(10-8-16)13-21(25)30-15(2)22(26)23-19-12-11-18(29-3)14-20(19)24(27)28/h7-12,14-15H,4-6,13H2,1-3H3,(H,23,26)/t15-/m1/s1. The summed E-state index contributed by atoms with van der Waals surface area (Å²) >= 11 is 0. The number of methoxy groups -OCH3 is 1. The smallest absolute Gasteiger partial charge is 0.311 e. The third kappa shape index (κ3) is 6.58. The number of carbonyl (C=O) groups excluding carboxylic acids is 2. The number of hydrogen-bond acceptors (Lipinski definition) is 6. The van der Waals surface area contributed by atoms with Crippen molar-refractivity contribution >= 4 is 23.3 Å². The molecule has 8 heteroatoms. The molecule has 0 saturated heterocycles. The Hall–Kier alpha value is -3.42. The van der Waals surface area contributed by atoms with E-state index >= 15 is 0 Å². The lowest BCUT2D eigenvalue weighted by atomic mass is 10.1. The maximum Gasteiger partial charge on any atom is 0.311 e. The van der Waals surface area contributed by atoms with E-state index < -0.39 is 22.9 Å². The van der Waals surface area contributed by atoms with Gasteiger partial charge in [-0.25, -0.2) is 0 Å². The molecule has 0 heterocycles. The summed E-state index contributed by atoms with van der Waals surface area (Å²) < 4.78 is 10.1. The minimum atomic E-state index is -1.11. The van der Waals surface area contributed by atoms with E-state index in [9.17, 15) is 19.7 Å². The number of ether oxygens (including phenoxy) is 2. The number of nitrogens with one attached hydrogen (secondary N) is 1. The van der Waals surface area contributed by atoms with Gasteiger partial charge in [-0.05, 0) is 43.0 Å². The van der Waals surface area contributed by atoms with Crippen LogP contribution in [0.1, 0.15) is 37.8 Å². The van der Waals surface area contributed by atoms with E-state index in [1.165, 1.54) is 37.8 Å². The molecule has 0 aliphatic carbocycles. The maximum atomic E-state index is 12.3. The molecule has 2 aromatic rings. The fourth-order valence-electron chi connectivity index (χ4n) is 2.79. The normalized spacial score (nSPS) is 11.4. The molecule has 2 rings (SSSR count). The second-order valence-electron chi connectivity index (χ2n) is 6.86. The van der Waals surface area contributed by atoms with Gasteiger partial charge in [0, 0.05) is 0 Å². The Morgan fingerprint density at radius 2 is 1.80 bits per heavy atom. The number of nitro groups is 1. The second-order valence-corrected chi connectivity index (χ2v) is 6.86. The van der Waals surface area contributed by atoms with Crippen LogP contribution >= 0.6 is 0 Å². The molecule has 0 fully saturated rings. The van der Waals surface area contributed by atoms with Crippen LogP contribution in [0.2, 0.25) is 0 Å². The number of anilines is 1. The molecule has 0 saturated carbocycles. The van der Waals surface area contributed by atoms with Crippen LogP contribution in [-0.2, 0) is 27.2 Å². The first kappa shape index (κ1) is 22.9. The third-order valence-electron chi connectivity index (χ3n) is 4.53. The highest BCUT2D eigenvalue weighted by molar-refractivity contribution is 5.97. The zero-order valence-electron chi connectivity index (χ0n) is 17.3. The number of nitrogens with zero attached hydrogens (tertiary/aromatic N) is 1. The number of hydrogen-bond donors (Lipinski definition) is 1. The summed E-state index contributed by atoms with van der Waals surface area (Å²) in [5, 5.41) is 13.6. The molecule has 0 spiro atoms. The van der Waals surface area contributed by atoms with Crippen molar-refractivity contribution in [2.24, 2.45) is 0 Å². The average Bonchev–Trinajstić information content (AvgIpc) is 2.73. The first-order chi connectivity index (χ1) is 14.3. The Kier molecular flexibility index (Phi) is 8.34. The average molecular weight is 414 g/mol. The van der Waals surface area contributed by atoms with Crippen LogP contribution in [0.15, 0.2) is 42.5 Å². The predicted molar refractivity (Wildman–Crippen MR) is 113 cm³/mol. The lowest BCUT2D eigenvalue weighted by Gasteiger charge is -2.14. The molecule has 0 bridgehead atoms. The van der Waals surface area contributed by atoms with E-state index in [-0.39, 0.29) is 17.8 Å². The number of esters is 1. The van der Waals surface area contributed by atoms with Crippen molar-refractivity contribution in [3.05, 3.63) is 63.7 Å². The van der Waals surface area contributed by atoms with Crippen molar-refractivity contribution in [2.45, 2.75) is 45.6 Å². The van der Waals surface area contributed by atoms with Crippen LogP contribution in [0, 0.1) is 10.1 Å². The summed E-state index contributed by atoms with van der Waals surface area (Å²) in [6, 6.07) is 11.8. The number of amides is 1. The highest BCUT2D eigenvalue weighted by Gasteiger charge is 2.22. The first-order valence-electron chi connectivity index (χ1n) is 9.74. The van der Waals surface area contributed by atoms with E-state index in [2.05, 4.69) is 12.2 Å². The number of nitro benzene ring substituents is 1. The molecule has 1 atom stereocenters. The molecule has 30 heavy (non-hydrogen) atoms. The molecule has 0 aromatic heterocycles. The molecular formula is C22H26N2O6. The van der Waals surface area contributed by atoms with Crippen LogP contribution in [0.25, 0.3) is 0 Å². The molecule has 0 aliphatic rings. The molecule has 0 aliphatic heterocycles. The molecular weight excluding hydrogens is 388 g/mol. The van der Waals surface area contributed by atoms with Crippen LogP contribution in [0.3, 0.4) is 0 Å². The summed E-state index contributed by atoms with van der Waals surface area (Å²) in [5.41, 5.74) is 1.68. The van der Waals surface area contributed by atoms with Gasteiger partial charge in [-0.3, -0.25) is 19.7 Å². The summed E-state index contributed by atoms with van der Waals surface area (Å²) in [7, 11) is 1.39. The van der Waals surface area contributed by atoms with Crippen LogP contribution in [0.4, 0.5) is 11.4 Å². The lowest BCUT2D eigenvalue weighted by molar-refractivity contribution is -0.384. The van der Waals surface area contributed by atoms with Gasteiger partial charge in [0.1, 0.15) is 11.4 Å². The third-order valence-corrected chi connectivity index (χ3v) is 4.53. The van der Waals surface area contributed by atoms with Crippen molar-refractivity contribution in [3.63, 3.8) is 0 Å². The van der Waals surface area contributed by atoms with Crippen molar-refractivity contribution < 1.29 is 24.0 Å². The molecule has 1 N–H and O–H groups in total. The van der Waals surface area contributed by atoms with Crippen molar-refractivity contribution in [1.29, 1.82) is 0 Å². The SMILES string of the molecule is CCCCc1ccc(CC(=O)O[C@H](C)C(=O)Nc2ccc(OC)cc2[N+](=O)[O-])cc1. The fraction of sp³-hybridized carbons (Fsp3) is 0.364. The highest BCUT2D eigenvalue weighted by Crippen LogP contribution is 2.29. The van der Waals surface area contributed by atoms with Gasteiger partial charge in [0.2, 0.25) is 0 Å². The van der Waals surface area contributed by atoms with E-state index in [0.717, 1.165) is 24.8 Å². The van der Waals surface area contributed by atoms with Gasteiger partial charge in [-0.1, -0.05) is 37.6 Å². The Balaban J connectivity index is 1.94. The van der Waals surface area contributed by atoms with Gasteiger partial charge in [0.15, 0.2) is 6.10 Å². The molecule has 160 valence electrons. The van der Waals surface area contributed by atoms with E-state index in [1.54, 1.807) is 0 Å². The number of rotatable bonds is 10. The van der Waals surface area contributed by atoms with Crippen LogP contribution in [-0.4, -0.2) is 30.0 Å². The van der Waals surface area contributed by atoms with E-state index in [0.29, 0.717) is 5.75 Å². The zero-order valence-corrected chi connectivity index (χ0v) is 17.3. The molecule has 2 aromatic carbocycles. The van der Waals surface area contributed by atoms with Gasteiger partial charge in [0.05, 0.1) is 24.5 Å². The predicted octanol–water partition coefficient (Wildman–Crippen LogP) is 4.06. The van der Waals surface area contributed by atoms with Crippen molar-refractivity contribution in [2.75, 3.05) is 12.4 Å². The van der Waals surface area contributed by atoms with Gasteiger partial charge in [-0.15, -0.1) is 0 Å². The van der Waals surface area contributed by atoms with Crippen molar-refractivity contribution in [3.8, 4) is 5.75 Å². The minimum absolute atomic E-state index is 0.00336. The van der Waals surface area contributed by atoms with Crippen LogP contribution < -0.4 is 10.1 Å². The largest absolute Gasteiger partial charge is 0.496 e. The number of unbranched alkanes of at least 4 members (excludes halogenated alkanes) is 1. The van der Waals surface area contributed by atoms with Crippen LogP contribution in [0.5, 0.6) is 5.75 Å². The number of aryl methyl sites for hydroxylation is 1. The molecule has 0 radical (unpaired) electrons. The zero-order chi connectivity index (χ0) is 22.1. The Morgan fingerprint density at radius 3 is 2.40 bits per heavy atom. The summed E-state index contributed by atoms with van der Waals surface area (Å²) in [6.07, 6.45) is 2.15. The lowest BCUT2D eigenvalue weighted by Crippen LogP contribution is -2.30. The second kappa shape index (κ2) is 10.9. The summed E-state index contributed by atoms with van der Waals surface area (Å²) in [5.74, 6) is -0.922. The highest BCUT2D eigenvalue weighted by atomic mass is 16.6. The Morgan fingerprint density at radius 1 is 1.13 bits per heavy atom. The van der Waals surface area contributed by atoms with Crippen molar-refractivity contribution in [1.82, 2.24) is 0 Å². The Bertz CT molecular complexity index is 895. The molecule has 1 amide bonds. The van der Waals surface area contributed by atoms with E-state index in [4.69, 9.17) is 9.47 Å². The van der Waals surface area contributed by atoms with Gasteiger partial charge in [0.25, 0.3) is 11.6 Å². The monoisotopic (exact) mass is 414 g/mol. The topological polar surface area (TPSA) is 108 Å². The van der Waals surface area contributed by atoms with Gasteiger partial charge < -0.3 is 14.8 Å². The summed E-state index contributed by atoms with van der Waals surface area (Å²) in [6.45, 7) is 3.55.